The molecule has 0 amide bonds. The molecule has 7 heteroatoms. The minimum atomic E-state index is 0.0460. The van der Waals surface area contributed by atoms with E-state index >= 15 is 0 Å². The molecule has 2 atom stereocenters. The highest BCUT2D eigenvalue weighted by Gasteiger charge is 2.24. The summed E-state index contributed by atoms with van der Waals surface area (Å²) in [5.74, 6) is 1.25. The summed E-state index contributed by atoms with van der Waals surface area (Å²) < 4.78 is 11.0. The van der Waals surface area contributed by atoms with Crippen molar-refractivity contribution in [3.05, 3.63) is 34.2 Å². The number of thiophene rings is 1. The maximum atomic E-state index is 5.50. The van der Waals surface area contributed by atoms with E-state index in [1.165, 1.54) is 4.88 Å². The summed E-state index contributed by atoms with van der Waals surface area (Å²) >= 11 is 1.80. The summed E-state index contributed by atoms with van der Waals surface area (Å²) in [5.41, 5.74) is 0. The number of hydrogen-bond acceptors (Lipinski definition) is 7. The molecule has 1 aliphatic heterocycles. The average Bonchev–Trinajstić information content (AvgIpc) is 3.20. The summed E-state index contributed by atoms with van der Waals surface area (Å²) in [6, 6.07) is 4.71. The third-order valence-electron chi connectivity index (χ3n) is 3.89. The van der Waals surface area contributed by atoms with Gasteiger partial charge in [-0.3, -0.25) is 4.90 Å². The molecule has 0 unspecified atom stereocenters. The Morgan fingerprint density at radius 3 is 2.82 bits per heavy atom. The number of morpholine rings is 1. The lowest BCUT2D eigenvalue weighted by atomic mass is 10.1. The summed E-state index contributed by atoms with van der Waals surface area (Å²) in [7, 11) is 0. The molecule has 0 aromatic carbocycles. The molecule has 2 aromatic heterocycles. The van der Waals surface area contributed by atoms with Crippen molar-refractivity contribution in [2.75, 3.05) is 32.8 Å². The number of aromatic nitrogens is 2. The fourth-order valence-electron chi connectivity index (χ4n) is 2.64. The molecule has 0 bridgehead atoms. The standard InChI is InChI=1S/C15H22N4O2S/c1-11(15-18-17-12(2)21-15)16-10-13(14-4-3-9-22-14)19-5-7-20-8-6-19/h3-4,9,11,13,16H,5-8,10H2,1-2H3/t11-,13+/m0/s1. The van der Waals surface area contributed by atoms with Crippen LogP contribution in [0.1, 0.15) is 35.7 Å². The van der Waals surface area contributed by atoms with Gasteiger partial charge >= 0.3 is 0 Å². The van der Waals surface area contributed by atoms with Gasteiger partial charge < -0.3 is 14.5 Å². The molecule has 1 saturated heterocycles. The number of hydrogen-bond donors (Lipinski definition) is 1. The van der Waals surface area contributed by atoms with Crippen LogP contribution in [0.4, 0.5) is 0 Å². The first kappa shape index (κ1) is 15.6. The molecule has 1 N–H and O–H groups in total. The van der Waals surface area contributed by atoms with E-state index in [1.807, 2.05) is 6.92 Å². The Morgan fingerprint density at radius 2 is 2.18 bits per heavy atom. The van der Waals surface area contributed by atoms with Crippen LogP contribution in [0, 0.1) is 6.92 Å². The second kappa shape index (κ2) is 7.32. The summed E-state index contributed by atoms with van der Waals surface area (Å²) in [6.07, 6.45) is 0. The number of nitrogens with one attached hydrogen (secondary N) is 1. The highest BCUT2D eigenvalue weighted by atomic mass is 32.1. The zero-order chi connectivity index (χ0) is 15.4. The van der Waals surface area contributed by atoms with Crippen LogP contribution in [0.3, 0.4) is 0 Å². The first-order valence-electron chi connectivity index (χ1n) is 7.62. The number of aryl methyl sites for hydroxylation is 1. The fourth-order valence-corrected chi connectivity index (χ4v) is 3.50. The molecule has 120 valence electrons. The Kier molecular flexibility index (Phi) is 5.20. The van der Waals surface area contributed by atoms with Crippen molar-refractivity contribution in [2.24, 2.45) is 0 Å². The Balaban J connectivity index is 1.65. The molecule has 0 radical (unpaired) electrons. The van der Waals surface area contributed by atoms with Gasteiger partial charge in [0, 0.05) is 31.4 Å². The van der Waals surface area contributed by atoms with Crippen molar-refractivity contribution >= 4 is 11.3 Å². The monoisotopic (exact) mass is 322 g/mol. The Hall–Kier alpha value is -1.28. The van der Waals surface area contributed by atoms with Gasteiger partial charge in [-0.15, -0.1) is 21.5 Å². The highest BCUT2D eigenvalue weighted by Crippen LogP contribution is 2.26. The van der Waals surface area contributed by atoms with E-state index in [2.05, 4.69) is 44.9 Å². The molecule has 0 aliphatic carbocycles. The summed E-state index contributed by atoms with van der Waals surface area (Å²) in [4.78, 5) is 3.86. The van der Waals surface area contributed by atoms with Crippen molar-refractivity contribution < 1.29 is 9.15 Å². The molecule has 0 spiro atoms. The second-order valence-corrected chi connectivity index (χ2v) is 6.45. The molecule has 3 rings (SSSR count). The normalized spacial score (nSPS) is 19.2. The third-order valence-corrected chi connectivity index (χ3v) is 4.86. The van der Waals surface area contributed by atoms with Gasteiger partial charge in [0.1, 0.15) is 0 Å². The molecule has 3 heterocycles. The molecule has 6 nitrogen and oxygen atoms in total. The molecular weight excluding hydrogens is 300 g/mol. The van der Waals surface area contributed by atoms with Crippen LogP contribution < -0.4 is 5.32 Å². The van der Waals surface area contributed by atoms with Gasteiger partial charge in [0.2, 0.25) is 11.8 Å². The molecule has 1 fully saturated rings. The largest absolute Gasteiger partial charge is 0.424 e. The Labute approximate surface area is 134 Å². The maximum absolute atomic E-state index is 5.50. The van der Waals surface area contributed by atoms with Gasteiger partial charge in [-0.05, 0) is 18.4 Å². The summed E-state index contributed by atoms with van der Waals surface area (Å²) in [5, 5.41) is 13.6. The predicted molar refractivity (Wildman–Crippen MR) is 84.9 cm³/mol. The lowest BCUT2D eigenvalue weighted by molar-refractivity contribution is 0.0163. The van der Waals surface area contributed by atoms with Crippen LogP contribution in [-0.2, 0) is 4.74 Å². The van der Waals surface area contributed by atoms with Crippen molar-refractivity contribution in [1.82, 2.24) is 20.4 Å². The molecular formula is C15H22N4O2S. The predicted octanol–water partition coefficient (Wildman–Crippen LogP) is 2.16. The van der Waals surface area contributed by atoms with Crippen LogP contribution in [0.25, 0.3) is 0 Å². The Bertz CT molecular complexity index is 566. The number of nitrogens with zero attached hydrogens (tertiary/aromatic N) is 3. The lowest BCUT2D eigenvalue weighted by Gasteiger charge is -2.34. The lowest BCUT2D eigenvalue weighted by Crippen LogP contribution is -2.42. The minimum absolute atomic E-state index is 0.0460. The van der Waals surface area contributed by atoms with Crippen LogP contribution >= 0.6 is 11.3 Å². The van der Waals surface area contributed by atoms with E-state index in [-0.39, 0.29) is 6.04 Å². The minimum Gasteiger partial charge on any atom is -0.424 e. The Morgan fingerprint density at radius 1 is 1.36 bits per heavy atom. The van der Waals surface area contributed by atoms with Gasteiger partial charge in [0.15, 0.2) is 0 Å². The van der Waals surface area contributed by atoms with E-state index in [1.54, 1.807) is 11.3 Å². The number of ether oxygens (including phenoxy) is 1. The zero-order valence-electron chi connectivity index (χ0n) is 13.0. The third kappa shape index (κ3) is 3.73. The maximum Gasteiger partial charge on any atom is 0.233 e. The smallest absolute Gasteiger partial charge is 0.233 e. The number of rotatable bonds is 6. The van der Waals surface area contributed by atoms with Gasteiger partial charge in [0.25, 0.3) is 0 Å². The first-order valence-corrected chi connectivity index (χ1v) is 8.50. The summed E-state index contributed by atoms with van der Waals surface area (Å²) in [6.45, 7) is 8.27. The molecule has 22 heavy (non-hydrogen) atoms. The zero-order valence-corrected chi connectivity index (χ0v) is 13.8. The first-order chi connectivity index (χ1) is 10.7. The highest BCUT2D eigenvalue weighted by molar-refractivity contribution is 7.10. The van der Waals surface area contributed by atoms with Crippen LogP contribution in [0.5, 0.6) is 0 Å². The molecule has 2 aromatic rings. The van der Waals surface area contributed by atoms with E-state index in [0.717, 1.165) is 32.8 Å². The quantitative estimate of drug-likeness (QED) is 0.879. The topological polar surface area (TPSA) is 63.4 Å². The van der Waals surface area contributed by atoms with Crippen LogP contribution in [-0.4, -0.2) is 47.9 Å². The van der Waals surface area contributed by atoms with E-state index in [4.69, 9.17) is 9.15 Å². The van der Waals surface area contributed by atoms with Crippen LogP contribution in [0.2, 0.25) is 0 Å². The van der Waals surface area contributed by atoms with Crippen molar-refractivity contribution in [3.63, 3.8) is 0 Å². The second-order valence-electron chi connectivity index (χ2n) is 5.47. The van der Waals surface area contributed by atoms with Crippen molar-refractivity contribution in [3.8, 4) is 0 Å². The van der Waals surface area contributed by atoms with Gasteiger partial charge in [0.05, 0.1) is 25.3 Å². The van der Waals surface area contributed by atoms with Crippen molar-refractivity contribution in [2.45, 2.75) is 25.9 Å². The van der Waals surface area contributed by atoms with E-state index < -0.39 is 0 Å². The van der Waals surface area contributed by atoms with Crippen LogP contribution in [0.15, 0.2) is 21.9 Å². The van der Waals surface area contributed by atoms with Gasteiger partial charge in [-0.2, -0.15) is 0 Å². The van der Waals surface area contributed by atoms with E-state index in [0.29, 0.717) is 17.8 Å². The van der Waals surface area contributed by atoms with Gasteiger partial charge in [-0.1, -0.05) is 6.07 Å². The molecule has 0 saturated carbocycles. The SMILES string of the molecule is Cc1nnc([C@H](C)NC[C@H](c2cccs2)N2CCOCC2)o1. The molecule has 1 aliphatic rings. The fraction of sp³-hybridized carbons (Fsp3) is 0.600. The average molecular weight is 322 g/mol. The van der Waals surface area contributed by atoms with Gasteiger partial charge in [-0.25, -0.2) is 0 Å². The van der Waals surface area contributed by atoms with E-state index in [9.17, 15) is 0 Å². The van der Waals surface area contributed by atoms with Crippen molar-refractivity contribution in [1.29, 1.82) is 0 Å².